The van der Waals surface area contributed by atoms with Gasteiger partial charge in [0.05, 0.1) is 26.5 Å². The SMILES string of the molecule is CS(=O)(=O)c1ccc(-c2[nH]c3ccnc(Cl)c3c2Cl)cc1. The van der Waals surface area contributed by atoms with E-state index in [4.69, 9.17) is 23.2 Å². The van der Waals surface area contributed by atoms with Gasteiger partial charge >= 0.3 is 0 Å². The summed E-state index contributed by atoms with van der Waals surface area (Å²) >= 11 is 12.4. The fourth-order valence-corrected chi connectivity index (χ4v) is 3.41. The second-order valence-corrected chi connectivity index (χ2v) is 7.39. The highest BCUT2D eigenvalue weighted by Gasteiger charge is 2.15. The molecule has 0 spiro atoms. The number of H-pyrrole nitrogens is 1. The maximum Gasteiger partial charge on any atom is 0.175 e. The van der Waals surface area contributed by atoms with Crippen molar-refractivity contribution in [1.29, 1.82) is 0 Å². The van der Waals surface area contributed by atoms with Crippen molar-refractivity contribution in [2.75, 3.05) is 6.26 Å². The lowest BCUT2D eigenvalue weighted by Gasteiger charge is -2.02. The molecule has 4 nitrogen and oxygen atoms in total. The van der Waals surface area contributed by atoms with Gasteiger partial charge in [0.25, 0.3) is 0 Å². The second kappa shape index (κ2) is 5.02. The number of aromatic nitrogens is 2. The lowest BCUT2D eigenvalue weighted by molar-refractivity contribution is 0.602. The molecular formula is C14H10Cl2N2O2S. The van der Waals surface area contributed by atoms with E-state index < -0.39 is 9.84 Å². The van der Waals surface area contributed by atoms with E-state index in [1.807, 2.05) is 0 Å². The van der Waals surface area contributed by atoms with Crippen LogP contribution in [0.4, 0.5) is 0 Å². The van der Waals surface area contributed by atoms with Crippen LogP contribution in [-0.4, -0.2) is 24.6 Å². The fourth-order valence-electron chi connectivity index (χ4n) is 2.13. The van der Waals surface area contributed by atoms with Gasteiger partial charge in [0.2, 0.25) is 0 Å². The van der Waals surface area contributed by atoms with Gasteiger partial charge in [-0.25, -0.2) is 13.4 Å². The number of rotatable bonds is 2. The van der Waals surface area contributed by atoms with Gasteiger partial charge in [-0.15, -0.1) is 0 Å². The van der Waals surface area contributed by atoms with E-state index in [0.717, 1.165) is 11.1 Å². The van der Waals surface area contributed by atoms with E-state index >= 15 is 0 Å². The molecule has 108 valence electrons. The van der Waals surface area contributed by atoms with Gasteiger partial charge in [-0.2, -0.15) is 0 Å². The monoisotopic (exact) mass is 340 g/mol. The third kappa shape index (κ3) is 2.52. The first kappa shape index (κ1) is 14.4. The number of fused-ring (bicyclic) bond motifs is 1. The maximum absolute atomic E-state index is 11.5. The van der Waals surface area contributed by atoms with Gasteiger partial charge in [0.15, 0.2) is 9.84 Å². The summed E-state index contributed by atoms with van der Waals surface area (Å²) < 4.78 is 22.9. The summed E-state index contributed by atoms with van der Waals surface area (Å²) in [6, 6.07) is 8.28. The molecule has 3 rings (SSSR count). The average Bonchev–Trinajstić information content (AvgIpc) is 2.77. The largest absolute Gasteiger partial charge is 0.353 e. The average molecular weight is 341 g/mol. The summed E-state index contributed by atoms with van der Waals surface area (Å²) in [6.45, 7) is 0. The van der Waals surface area contributed by atoms with Crippen molar-refractivity contribution in [3.05, 3.63) is 46.7 Å². The van der Waals surface area contributed by atoms with Crippen LogP contribution < -0.4 is 0 Å². The molecule has 0 aliphatic heterocycles. The number of aromatic amines is 1. The Morgan fingerprint density at radius 1 is 1.10 bits per heavy atom. The van der Waals surface area contributed by atoms with Crippen molar-refractivity contribution in [2.45, 2.75) is 4.90 Å². The number of nitrogens with zero attached hydrogens (tertiary/aromatic N) is 1. The molecule has 1 aromatic carbocycles. The zero-order chi connectivity index (χ0) is 15.2. The molecule has 0 saturated heterocycles. The van der Waals surface area contributed by atoms with Gasteiger partial charge in [-0.05, 0) is 23.8 Å². The molecule has 0 bridgehead atoms. The molecule has 21 heavy (non-hydrogen) atoms. The van der Waals surface area contributed by atoms with Crippen LogP contribution in [0.25, 0.3) is 22.2 Å². The van der Waals surface area contributed by atoms with Crippen LogP contribution in [0.1, 0.15) is 0 Å². The molecule has 0 amide bonds. The number of hydrogen-bond donors (Lipinski definition) is 1. The van der Waals surface area contributed by atoms with Crippen LogP contribution in [0.15, 0.2) is 41.4 Å². The van der Waals surface area contributed by atoms with E-state index in [0.29, 0.717) is 21.3 Å². The van der Waals surface area contributed by atoms with E-state index in [1.54, 1.807) is 36.5 Å². The molecule has 7 heteroatoms. The van der Waals surface area contributed by atoms with Gasteiger partial charge in [0, 0.05) is 12.5 Å². The van der Waals surface area contributed by atoms with E-state index in [9.17, 15) is 8.42 Å². The topological polar surface area (TPSA) is 62.8 Å². The first-order valence-electron chi connectivity index (χ1n) is 6.00. The molecular weight excluding hydrogens is 331 g/mol. The number of benzene rings is 1. The van der Waals surface area contributed by atoms with Crippen molar-refractivity contribution in [3.8, 4) is 11.3 Å². The molecule has 1 N–H and O–H groups in total. The van der Waals surface area contributed by atoms with Crippen molar-refractivity contribution >= 4 is 43.9 Å². The molecule has 0 aliphatic rings. The zero-order valence-corrected chi connectivity index (χ0v) is 13.2. The van der Waals surface area contributed by atoms with Gasteiger partial charge < -0.3 is 4.98 Å². The van der Waals surface area contributed by atoms with E-state index in [2.05, 4.69) is 9.97 Å². The lowest BCUT2D eigenvalue weighted by Crippen LogP contribution is -1.96. The third-order valence-corrected chi connectivity index (χ3v) is 4.97. The van der Waals surface area contributed by atoms with Crippen molar-refractivity contribution in [2.24, 2.45) is 0 Å². The summed E-state index contributed by atoms with van der Waals surface area (Å²) in [5.41, 5.74) is 2.24. The zero-order valence-electron chi connectivity index (χ0n) is 10.9. The first-order chi connectivity index (χ1) is 9.88. The summed E-state index contributed by atoms with van der Waals surface area (Å²) in [4.78, 5) is 7.44. The fraction of sp³-hybridized carbons (Fsp3) is 0.0714. The summed E-state index contributed by atoms with van der Waals surface area (Å²) in [5.74, 6) is 0. The van der Waals surface area contributed by atoms with Gasteiger partial charge in [-0.3, -0.25) is 0 Å². The number of nitrogens with one attached hydrogen (secondary N) is 1. The minimum atomic E-state index is -3.22. The number of pyridine rings is 1. The predicted molar refractivity (Wildman–Crippen MR) is 84.7 cm³/mol. The molecule has 0 radical (unpaired) electrons. The molecule has 0 fully saturated rings. The molecule has 2 aromatic heterocycles. The van der Waals surface area contributed by atoms with Gasteiger partial charge in [-0.1, -0.05) is 35.3 Å². The van der Waals surface area contributed by atoms with Crippen molar-refractivity contribution < 1.29 is 8.42 Å². The molecule has 2 heterocycles. The normalized spacial score (nSPS) is 12.0. The Hall–Kier alpha value is -1.56. The van der Waals surface area contributed by atoms with Crippen molar-refractivity contribution in [3.63, 3.8) is 0 Å². The molecule has 3 aromatic rings. The Labute approximate surface area is 131 Å². The standard InChI is InChI=1S/C14H10Cl2N2O2S/c1-21(19,20)9-4-2-8(3-5-9)13-12(15)11-10(18-13)6-7-17-14(11)16/h2-7,18H,1H3. The Morgan fingerprint density at radius 2 is 1.76 bits per heavy atom. The smallest absolute Gasteiger partial charge is 0.175 e. The minimum absolute atomic E-state index is 0.262. The molecule has 0 atom stereocenters. The molecule has 0 saturated carbocycles. The number of halogens is 2. The Kier molecular flexibility index (Phi) is 3.43. The minimum Gasteiger partial charge on any atom is -0.353 e. The van der Waals surface area contributed by atoms with Crippen LogP contribution >= 0.6 is 23.2 Å². The summed E-state index contributed by atoms with van der Waals surface area (Å²) in [7, 11) is -3.22. The van der Waals surface area contributed by atoms with E-state index in [-0.39, 0.29) is 4.90 Å². The molecule has 0 unspecified atom stereocenters. The third-order valence-electron chi connectivity index (χ3n) is 3.17. The van der Waals surface area contributed by atoms with Crippen LogP contribution in [0, 0.1) is 0 Å². The second-order valence-electron chi connectivity index (χ2n) is 4.63. The predicted octanol–water partition coefficient (Wildman–Crippen LogP) is 3.94. The Bertz CT molecular complexity index is 932. The highest BCUT2D eigenvalue weighted by atomic mass is 35.5. The van der Waals surface area contributed by atoms with Crippen LogP contribution in [-0.2, 0) is 9.84 Å². The first-order valence-corrected chi connectivity index (χ1v) is 8.65. The molecule has 0 aliphatic carbocycles. The summed E-state index contributed by atoms with van der Waals surface area (Å²) in [5, 5.41) is 1.45. The highest BCUT2D eigenvalue weighted by molar-refractivity contribution is 7.90. The number of hydrogen-bond acceptors (Lipinski definition) is 3. The van der Waals surface area contributed by atoms with Crippen LogP contribution in [0.2, 0.25) is 10.2 Å². The highest BCUT2D eigenvalue weighted by Crippen LogP contribution is 2.37. The van der Waals surface area contributed by atoms with Gasteiger partial charge in [0.1, 0.15) is 5.15 Å². The maximum atomic E-state index is 11.5. The quantitative estimate of drug-likeness (QED) is 0.718. The summed E-state index contributed by atoms with van der Waals surface area (Å²) in [6.07, 6.45) is 2.76. The number of sulfone groups is 1. The Morgan fingerprint density at radius 3 is 2.33 bits per heavy atom. The van der Waals surface area contributed by atoms with E-state index in [1.165, 1.54) is 6.26 Å². The Balaban J connectivity index is 2.17. The lowest BCUT2D eigenvalue weighted by atomic mass is 10.1. The van der Waals surface area contributed by atoms with Crippen LogP contribution in [0.5, 0.6) is 0 Å². The van der Waals surface area contributed by atoms with Crippen LogP contribution in [0.3, 0.4) is 0 Å². The van der Waals surface area contributed by atoms with Crippen molar-refractivity contribution in [1.82, 2.24) is 9.97 Å².